The van der Waals surface area contributed by atoms with E-state index >= 15 is 0 Å². The Labute approximate surface area is 206 Å². The van der Waals surface area contributed by atoms with Gasteiger partial charge in [-0.1, -0.05) is 60.3 Å². The lowest BCUT2D eigenvalue weighted by atomic mass is 10.1. The lowest BCUT2D eigenvalue weighted by Crippen LogP contribution is -2.20. The van der Waals surface area contributed by atoms with E-state index in [0.717, 1.165) is 35.8 Å². The number of carbonyl (C=O) groups excluding carboxylic acids is 2. The second kappa shape index (κ2) is 9.95. The maximum absolute atomic E-state index is 13.5. The van der Waals surface area contributed by atoms with Crippen LogP contribution in [0.3, 0.4) is 0 Å². The molecule has 1 unspecified atom stereocenters. The van der Waals surface area contributed by atoms with Crippen molar-refractivity contribution in [1.82, 2.24) is 14.8 Å². The third-order valence-electron chi connectivity index (χ3n) is 5.66. The van der Waals surface area contributed by atoms with Crippen LogP contribution in [0.25, 0.3) is 0 Å². The summed E-state index contributed by atoms with van der Waals surface area (Å²) in [6.45, 7) is 1.52. The Bertz CT molecular complexity index is 1300. The molecule has 1 aliphatic carbocycles. The number of thiophene rings is 1. The number of nitrogens with one attached hydrogen (secondary N) is 1. The van der Waals surface area contributed by atoms with E-state index in [1.165, 1.54) is 23.6 Å². The molecule has 1 amide bonds. The Hall–Kier alpha value is -3.23. The highest BCUT2D eigenvalue weighted by atomic mass is 32.2. The number of hydrogen-bond acceptors (Lipinski definition) is 6. The fraction of sp³-hybridized carbons (Fsp3) is 0.231. The summed E-state index contributed by atoms with van der Waals surface area (Å²) in [4.78, 5) is 26.5. The molecule has 1 saturated carbocycles. The van der Waals surface area contributed by atoms with Gasteiger partial charge in [0.25, 0.3) is 0 Å². The van der Waals surface area contributed by atoms with Crippen molar-refractivity contribution in [2.24, 2.45) is 0 Å². The quantitative estimate of drug-likeness (QED) is 0.233. The van der Waals surface area contributed by atoms with Crippen LogP contribution in [0, 0.1) is 0 Å². The lowest BCUT2D eigenvalue weighted by Gasteiger charge is -2.18. The topological polar surface area (TPSA) is 76.9 Å². The molecule has 2 aromatic heterocycles. The summed E-state index contributed by atoms with van der Waals surface area (Å²) < 4.78 is 2.21. The van der Waals surface area contributed by atoms with Crippen molar-refractivity contribution in [1.29, 1.82) is 0 Å². The first-order valence-electron chi connectivity index (χ1n) is 11.2. The fourth-order valence-corrected chi connectivity index (χ4v) is 5.63. The van der Waals surface area contributed by atoms with Gasteiger partial charge in [-0.25, -0.2) is 0 Å². The predicted octanol–water partition coefficient (Wildman–Crippen LogP) is 5.94. The van der Waals surface area contributed by atoms with Crippen LogP contribution in [-0.4, -0.2) is 26.5 Å². The molecular weight excluding hydrogens is 464 g/mol. The minimum atomic E-state index is -0.515. The van der Waals surface area contributed by atoms with Crippen molar-refractivity contribution >= 4 is 40.5 Å². The first kappa shape index (κ1) is 22.6. The van der Waals surface area contributed by atoms with Gasteiger partial charge >= 0.3 is 0 Å². The Morgan fingerprint density at radius 1 is 1.09 bits per heavy atom. The Morgan fingerprint density at radius 3 is 2.62 bits per heavy atom. The van der Waals surface area contributed by atoms with Gasteiger partial charge in [-0.3, -0.25) is 9.59 Å². The smallest absolute Gasteiger partial charge is 0.242 e. The summed E-state index contributed by atoms with van der Waals surface area (Å²) in [6.07, 6.45) is 2.94. The van der Waals surface area contributed by atoms with Crippen LogP contribution in [0.2, 0.25) is 0 Å². The molecule has 8 heteroatoms. The molecular formula is C26H24N4O2S2. The number of amides is 1. The molecule has 1 fully saturated rings. The summed E-state index contributed by atoms with van der Waals surface area (Å²) in [5.74, 6) is 0.733. The van der Waals surface area contributed by atoms with Gasteiger partial charge in [0.15, 0.2) is 10.9 Å². The molecule has 0 aliphatic heterocycles. The molecule has 0 spiro atoms. The fourth-order valence-electron chi connectivity index (χ4n) is 3.81. The number of anilines is 1. The summed E-state index contributed by atoms with van der Waals surface area (Å²) in [7, 11) is 0. The second-order valence-electron chi connectivity index (χ2n) is 8.29. The molecule has 1 aliphatic rings. The molecule has 34 heavy (non-hydrogen) atoms. The normalized spacial score (nSPS) is 14.0. The maximum Gasteiger partial charge on any atom is 0.242 e. The van der Waals surface area contributed by atoms with E-state index in [1.54, 1.807) is 35.6 Å². The number of hydrogen-bond donors (Lipinski definition) is 1. The monoisotopic (exact) mass is 488 g/mol. The van der Waals surface area contributed by atoms with Crippen LogP contribution < -0.4 is 5.32 Å². The van der Waals surface area contributed by atoms with E-state index in [0.29, 0.717) is 17.3 Å². The minimum Gasteiger partial charge on any atom is -0.325 e. The number of thioether (sulfide) groups is 1. The van der Waals surface area contributed by atoms with Gasteiger partial charge in [0.2, 0.25) is 5.91 Å². The summed E-state index contributed by atoms with van der Waals surface area (Å²) in [5.41, 5.74) is 2.05. The van der Waals surface area contributed by atoms with Gasteiger partial charge in [0.1, 0.15) is 11.1 Å². The first-order chi connectivity index (χ1) is 16.6. The summed E-state index contributed by atoms with van der Waals surface area (Å²) in [6, 6.07) is 21.3. The highest BCUT2D eigenvalue weighted by Gasteiger charge is 2.32. The van der Waals surface area contributed by atoms with Crippen molar-refractivity contribution in [2.45, 2.75) is 42.6 Å². The number of ketones is 1. The van der Waals surface area contributed by atoms with Crippen LogP contribution in [-0.2, 0) is 11.2 Å². The second-order valence-corrected chi connectivity index (χ2v) is 10.4. The third kappa shape index (κ3) is 5.13. The van der Waals surface area contributed by atoms with Crippen molar-refractivity contribution in [3.63, 3.8) is 0 Å². The molecule has 0 radical (unpaired) electrons. The molecule has 6 nitrogen and oxygen atoms in total. The zero-order valence-corrected chi connectivity index (χ0v) is 20.3. The largest absolute Gasteiger partial charge is 0.325 e. The van der Waals surface area contributed by atoms with Crippen LogP contribution in [0.1, 0.15) is 57.7 Å². The van der Waals surface area contributed by atoms with Gasteiger partial charge in [-0.2, -0.15) is 0 Å². The summed E-state index contributed by atoms with van der Waals surface area (Å²) >= 11 is 3.13. The number of rotatable bonds is 9. The van der Waals surface area contributed by atoms with E-state index in [9.17, 15) is 9.59 Å². The average Bonchev–Trinajstić information content (AvgIpc) is 3.40. The van der Waals surface area contributed by atoms with Gasteiger partial charge in [0.05, 0.1) is 0 Å². The van der Waals surface area contributed by atoms with Crippen molar-refractivity contribution < 1.29 is 9.59 Å². The average molecular weight is 489 g/mol. The van der Waals surface area contributed by atoms with Crippen molar-refractivity contribution in [3.8, 4) is 0 Å². The predicted molar refractivity (Wildman–Crippen MR) is 136 cm³/mol. The van der Waals surface area contributed by atoms with Crippen LogP contribution in [0.4, 0.5) is 5.69 Å². The maximum atomic E-state index is 13.5. The first-order valence-corrected chi connectivity index (χ1v) is 12.9. The molecule has 1 N–H and O–H groups in total. The van der Waals surface area contributed by atoms with E-state index in [2.05, 4.69) is 31.5 Å². The van der Waals surface area contributed by atoms with Gasteiger partial charge < -0.3 is 9.88 Å². The SMILES string of the molecule is CC(=O)c1cccc(NC(=O)C(Sc2nnc(Cc3cccs3)n2C2CC2)c2ccccc2)c1. The molecule has 2 heterocycles. The highest BCUT2D eigenvalue weighted by Crippen LogP contribution is 2.43. The zero-order chi connectivity index (χ0) is 23.5. The van der Waals surface area contributed by atoms with Crippen molar-refractivity contribution in [3.05, 3.63) is 93.9 Å². The number of Topliss-reactive ketones (excluding diaryl/α,β-unsaturated/α-hetero) is 1. The molecule has 1 atom stereocenters. The minimum absolute atomic E-state index is 0.0408. The van der Waals surface area contributed by atoms with Gasteiger partial charge in [-0.15, -0.1) is 21.5 Å². The highest BCUT2D eigenvalue weighted by molar-refractivity contribution is 8.00. The molecule has 2 aromatic carbocycles. The third-order valence-corrected chi connectivity index (χ3v) is 7.75. The molecule has 4 aromatic rings. The van der Waals surface area contributed by atoms with E-state index in [-0.39, 0.29) is 11.7 Å². The Morgan fingerprint density at radius 2 is 1.91 bits per heavy atom. The molecule has 5 rings (SSSR count). The Balaban J connectivity index is 1.43. The van der Waals surface area contributed by atoms with E-state index < -0.39 is 5.25 Å². The molecule has 0 saturated heterocycles. The number of benzene rings is 2. The lowest BCUT2D eigenvalue weighted by molar-refractivity contribution is -0.115. The number of aromatic nitrogens is 3. The van der Waals surface area contributed by atoms with E-state index in [1.807, 2.05) is 36.4 Å². The molecule has 0 bridgehead atoms. The van der Waals surface area contributed by atoms with Crippen LogP contribution >= 0.6 is 23.1 Å². The van der Waals surface area contributed by atoms with E-state index in [4.69, 9.17) is 0 Å². The van der Waals surface area contributed by atoms with Gasteiger partial charge in [-0.05, 0) is 48.9 Å². The standard InChI is InChI=1S/C26H24N4O2S2/c1-17(31)19-9-5-10-20(15-19)27-25(32)24(18-7-3-2-4-8-18)34-26-29-28-23(30(26)21-12-13-21)16-22-11-6-14-33-22/h2-11,14-15,21,24H,12-13,16H2,1H3,(H,27,32). The van der Waals surface area contributed by atoms with Crippen molar-refractivity contribution in [2.75, 3.05) is 5.32 Å². The number of carbonyl (C=O) groups is 2. The Kier molecular flexibility index (Phi) is 6.60. The van der Waals surface area contributed by atoms with Crippen LogP contribution in [0.15, 0.2) is 77.3 Å². The zero-order valence-electron chi connectivity index (χ0n) is 18.7. The molecule has 172 valence electrons. The van der Waals surface area contributed by atoms with Gasteiger partial charge in [0, 0.05) is 28.6 Å². The number of nitrogens with zero attached hydrogens (tertiary/aromatic N) is 3. The van der Waals surface area contributed by atoms with Crippen LogP contribution in [0.5, 0.6) is 0 Å². The summed E-state index contributed by atoms with van der Waals surface area (Å²) in [5, 5.41) is 14.3.